The Labute approximate surface area is 351 Å². The number of phosphoric acid groups is 1. The summed E-state index contributed by atoms with van der Waals surface area (Å²) >= 11 is 0. The van der Waals surface area contributed by atoms with Gasteiger partial charge in [0, 0.05) is 12.8 Å². The zero-order chi connectivity index (χ0) is 42.1. The second kappa shape index (κ2) is 39.9. The minimum atomic E-state index is -4.63. The SMILES string of the molecule is CCCCCCCC/C=C\CCCCCCCCCC(=O)O[C@H](COC(=O)CCCCCCC/C=C\CCCCCCCCC)COP(=O)([O-])OCC[N+](C)(C)C. The molecule has 57 heavy (non-hydrogen) atoms. The number of quaternary nitrogens is 1. The fraction of sp³-hybridized carbons (Fsp3) is 0.872. The van der Waals surface area contributed by atoms with Crippen LogP contribution in [0.3, 0.4) is 0 Å². The van der Waals surface area contributed by atoms with E-state index < -0.39 is 32.5 Å². The topological polar surface area (TPSA) is 111 Å². The fourth-order valence-electron chi connectivity index (χ4n) is 6.47. The zero-order valence-corrected chi connectivity index (χ0v) is 38.7. The first kappa shape index (κ1) is 55.5. The van der Waals surface area contributed by atoms with E-state index in [1.54, 1.807) is 0 Å². The first-order valence-corrected chi connectivity index (χ1v) is 25.0. The molecule has 0 aromatic rings. The van der Waals surface area contributed by atoms with Crippen molar-refractivity contribution in [3.05, 3.63) is 24.3 Å². The Morgan fingerprint density at radius 2 is 0.895 bits per heavy atom. The number of likely N-dealkylation sites (N-methyl/N-ethyl adjacent to an activating group) is 1. The van der Waals surface area contributed by atoms with E-state index >= 15 is 0 Å². The highest BCUT2D eigenvalue weighted by molar-refractivity contribution is 7.45. The van der Waals surface area contributed by atoms with Crippen molar-refractivity contribution in [2.24, 2.45) is 0 Å². The van der Waals surface area contributed by atoms with E-state index in [1.165, 1.54) is 116 Å². The fourth-order valence-corrected chi connectivity index (χ4v) is 7.20. The molecule has 0 heterocycles. The van der Waals surface area contributed by atoms with Gasteiger partial charge in [0.15, 0.2) is 6.10 Å². The minimum Gasteiger partial charge on any atom is -0.756 e. The standard InChI is InChI=1S/C47H90NO8P/c1-6-8-10-12-14-16-18-20-22-24-26-28-30-32-34-36-38-40-47(50)56-45(44-55-57(51,52)54-42-41-48(3,4)5)43-53-46(49)39-37-35-33-31-29-27-25-23-21-19-17-15-13-11-9-7-2/h20,22-23,25,45H,6-19,21,24,26-44H2,1-5H3/b22-20-,25-23-/t45-/m1/s1. The third-order valence-corrected chi connectivity index (χ3v) is 11.2. The number of nitrogens with zero attached hydrogens (tertiary/aromatic N) is 1. The summed E-state index contributed by atoms with van der Waals surface area (Å²) in [5.41, 5.74) is 0. The molecule has 10 heteroatoms. The van der Waals surface area contributed by atoms with Gasteiger partial charge in [-0.05, 0) is 64.2 Å². The van der Waals surface area contributed by atoms with E-state index in [-0.39, 0.29) is 26.1 Å². The van der Waals surface area contributed by atoms with E-state index in [0.717, 1.165) is 64.2 Å². The van der Waals surface area contributed by atoms with Crippen molar-refractivity contribution in [2.45, 2.75) is 219 Å². The molecule has 0 radical (unpaired) electrons. The Balaban J connectivity index is 4.33. The van der Waals surface area contributed by atoms with Crippen LogP contribution in [-0.4, -0.2) is 70.0 Å². The molecule has 336 valence electrons. The maximum absolute atomic E-state index is 12.7. The van der Waals surface area contributed by atoms with Crippen molar-refractivity contribution in [1.29, 1.82) is 0 Å². The van der Waals surface area contributed by atoms with Gasteiger partial charge in [-0.1, -0.05) is 160 Å². The number of hydrogen-bond donors (Lipinski definition) is 0. The summed E-state index contributed by atoms with van der Waals surface area (Å²) in [6.45, 7) is 4.22. The van der Waals surface area contributed by atoms with Gasteiger partial charge in [0.1, 0.15) is 19.8 Å². The number of rotatable bonds is 43. The molecule has 0 aliphatic heterocycles. The molecule has 0 rings (SSSR count). The van der Waals surface area contributed by atoms with Crippen LogP contribution < -0.4 is 4.89 Å². The lowest BCUT2D eigenvalue weighted by molar-refractivity contribution is -0.870. The summed E-state index contributed by atoms with van der Waals surface area (Å²) in [6, 6.07) is 0. The molecule has 0 spiro atoms. The number of esters is 2. The van der Waals surface area contributed by atoms with Crippen molar-refractivity contribution in [3.8, 4) is 0 Å². The van der Waals surface area contributed by atoms with E-state index in [4.69, 9.17) is 18.5 Å². The Morgan fingerprint density at radius 3 is 1.30 bits per heavy atom. The van der Waals surface area contributed by atoms with Crippen LogP contribution in [0.2, 0.25) is 0 Å². The van der Waals surface area contributed by atoms with Gasteiger partial charge in [-0.3, -0.25) is 14.2 Å². The number of carbonyl (C=O) groups excluding carboxylic acids is 2. The van der Waals surface area contributed by atoms with E-state index in [0.29, 0.717) is 17.4 Å². The highest BCUT2D eigenvalue weighted by Crippen LogP contribution is 2.38. The van der Waals surface area contributed by atoms with Gasteiger partial charge in [-0.25, -0.2) is 0 Å². The average Bonchev–Trinajstić information content (AvgIpc) is 3.16. The molecule has 0 aromatic heterocycles. The van der Waals surface area contributed by atoms with Gasteiger partial charge in [-0.2, -0.15) is 0 Å². The summed E-state index contributed by atoms with van der Waals surface area (Å²) in [6.07, 6.45) is 43.4. The molecule has 1 unspecified atom stereocenters. The highest BCUT2D eigenvalue weighted by atomic mass is 31.2. The first-order chi connectivity index (χ1) is 27.5. The molecule has 0 fully saturated rings. The molecular formula is C47H90NO8P. The number of allylic oxidation sites excluding steroid dienone is 4. The highest BCUT2D eigenvalue weighted by Gasteiger charge is 2.21. The van der Waals surface area contributed by atoms with E-state index in [1.807, 2.05) is 21.1 Å². The molecule has 0 aromatic carbocycles. The summed E-state index contributed by atoms with van der Waals surface area (Å²) in [7, 11) is 1.16. The van der Waals surface area contributed by atoms with Crippen LogP contribution in [0.25, 0.3) is 0 Å². The average molecular weight is 828 g/mol. The number of hydrogen-bond acceptors (Lipinski definition) is 8. The van der Waals surface area contributed by atoms with Gasteiger partial charge in [0.25, 0.3) is 7.82 Å². The molecule has 0 N–H and O–H groups in total. The molecule has 0 saturated heterocycles. The second-order valence-corrected chi connectivity index (χ2v) is 18.5. The van der Waals surface area contributed by atoms with Gasteiger partial charge in [0.2, 0.25) is 0 Å². The molecule has 2 atom stereocenters. The molecule has 0 bridgehead atoms. The lowest BCUT2D eigenvalue weighted by atomic mass is 10.1. The molecular weight excluding hydrogens is 737 g/mol. The van der Waals surface area contributed by atoms with Crippen LogP contribution in [0, 0.1) is 0 Å². The number of phosphoric ester groups is 1. The van der Waals surface area contributed by atoms with Crippen LogP contribution in [0.1, 0.15) is 213 Å². The largest absolute Gasteiger partial charge is 0.756 e. The Hall–Kier alpha value is -1.51. The normalized spacial score (nSPS) is 13.7. The molecule has 0 saturated carbocycles. The lowest BCUT2D eigenvalue weighted by Gasteiger charge is -2.28. The van der Waals surface area contributed by atoms with Crippen LogP contribution in [0.5, 0.6) is 0 Å². The summed E-state index contributed by atoms with van der Waals surface area (Å²) in [5, 5.41) is 0. The van der Waals surface area contributed by atoms with E-state index in [9.17, 15) is 19.0 Å². The lowest BCUT2D eigenvalue weighted by Crippen LogP contribution is -2.37. The maximum atomic E-state index is 12.7. The smallest absolute Gasteiger partial charge is 0.306 e. The van der Waals surface area contributed by atoms with Crippen molar-refractivity contribution in [2.75, 3.05) is 47.5 Å². The van der Waals surface area contributed by atoms with Gasteiger partial charge >= 0.3 is 11.9 Å². The third kappa shape index (κ3) is 43.9. The molecule has 0 aliphatic rings. The monoisotopic (exact) mass is 828 g/mol. The number of unbranched alkanes of at least 4 members (excludes halogenated alkanes) is 25. The van der Waals surface area contributed by atoms with Crippen LogP contribution in [-0.2, 0) is 32.7 Å². The van der Waals surface area contributed by atoms with Crippen LogP contribution in [0.15, 0.2) is 24.3 Å². The Bertz CT molecular complexity index is 1030. The molecule has 0 amide bonds. The molecule has 9 nitrogen and oxygen atoms in total. The van der Waals surface area contributed by atoms with Gasteiger partial charge < -0.3 is 27.9 Å². The number of carbonyl (C=O) groups is 2. The predicted octanol–water partition coefficient (Wildman–Crippen LogP) is 12.9. The summed E-state index contributed by atoms with van der Waals surface area (Å²) in [5.74, 6) is -0.843. The van der Waals surface area contributed by atoms with Crippen molar-refractivity contribution >= 4 is 19.8 Å². The Morgan fingerprint density at radius 1 is 0.526 bits per heavy atom. The summed E-state index contributed by atoms with van der Waals surface area (Å²) < 4.78 is 33.9. The predicted molar refractivity (Wildman–Crippen MR) is 236 cm³/mol. The maximum Gasteiger partial charge on any atom is 0.306 e. The van der Waals surface area contributed by atoms with Crippen LogP contribution >= 0.6 is 7.82 Å². The van der Waals surface area contributed by atoms with Gasteiger partial charge in [-0.15, -0.1) is 0 Å². The van der Waals surface area contributed by atoms with Crippen molar-refractivity contribution < 1.29 is 42.1 Å². The number of ether oxygens (including phenoxy) is 2. The van der Waals surface area contributed by atoms with E-state index in [2.05, 4.69) is 38.2 Å². The first-order valence-electron chi connectivity index (χ1n) is 23.5. The van der Waals surface area contributed by atoms with Gasteiger partial charge in [0.05, 0.1) is 27.7 Å². The minimum absolute atomic E-state index is 0.0317. The molecule has 0 aliphatic carbocycles. The van der Waals surface area contributed by atoms with Crippen LogP contribution in [0.4, 0.5) is 0 Å². The zero-order valence-electron chi connectivity index (χ0n) is 37.8. The van der Waals surface area contributed by atoms with Crippen molar-refractivity contribution in [3.63, 3.8) is 0 Å². The quantitative estimate of drug-likeness (QED) is 0.0196. The van der Waals surface area contributed by atoms with Crippen molar-refractivity contribution in [1.82, 2.24) is 0 Å². The summed E-state index contributed by atoms with van der Waals surface area (Å²) in [4.78, 5) is 37.6. The second-order valence-electron chi connectivity index (χ2n) is 17.1. The third-order valence-electron chi connectivity index (χ3n) is 10.2. The Kier molecular flexibility index (Phi) is 38.9.